The predicted molar refractivity (Wildman–Crippen MR) is 83.3 cm³/mol. The Hall–Kier alpha value is -2.40. The summed E-state index contributed by atoms with van der Waals surface area (Å²) in [4.78, 5) is 3.29. The van der Waals surface area contributed by atoms with E-state index in [0.717, 1.165) is 16.5 Å². The maximum absolute atomic E-state index is 5.32. The van der Waals surface area contributed by atoms with E-state index >= 15 is 0 Å². The maximum Gasteiger partial charge on any atom is 0.184 e. The zero-order valence-corrected chi connectivity index (χ0v) is 10.9. The van der Waals surface area contributed by atoms with Gasteiger partial charge in [0, 0.05) is 22.5 Å². The number of H-pyrrole nitrogens is 1. The third-order valence-corrected chi connectivity index (χ3v) is 3.08. The van der Waals surface area contributed by atoms with Crippen LogP contribution in [0.25, 0.3) is 21.7 Å². The van der Waals surface area contributed by atoms with Gasteiger partial charge in [-0.15, -0.1) is 0 Å². The predicted octanol–water partition coefficient (Wildman–Crippen LogP) is 2.49. The van der Waals surface area contributed by atoms with Gasteiger partial charge in [-0.1, -0.05) is 36.4 Å². The fourth-order valence-electron chi connectivity index (χ4n) is 2.17. The van der Waals surface area contributed by atoms with Crippen molar-refractivity contribution in [1.29, 1.82) is 0 Å². The first kappa shape index (κ1) is 11.7. The topological polar surface area (TPSA) is 66.2 Å². The van der Waals surface area contributed by atoms with Gasteiger partial charge in [0.2, 0.25) is 0 Å². The highest BCUT2D eigenvalue weighted by Gasteiger charge is 2.04. The molecule has 0 spiro atoms. The highest BCUT2D eigenvalue weighted by Crippen LogP contribution is 2.25. The number of nitrogens with zero attached hydrogens (tertiary/aromatic N) is 1. The van der Waals surface area contributed by atoms with Gasteiger partial charge in [-0.2, -0.15) is 5.10 Å². The molecule has 0 radical (unpaired) electrons. The van der Waals surface area contributed by atoms with Gasteiger partial charge in [0.1, 0.15) is 0 Å². The van der Waals surface area contributed by atoms with Gasteiger partial charge in [0.25, 0.3) is 0 Å². The molecule has 1 aromatic heterocycles. The van der Waals surface area contributed by atoms with Crippen molar-refractivity contribution in [3.8, 4) is 0 Å². The molecule has 0 unspecified atom stereocenters. The van der Waals surface area contributed by atoms with E-state index in [9.17, 15) is 0 Å². The van der Waals surface area contributed by atoms with Gasteiger partial charge >= 0.3 is 0 Å². The molecule has 19 heavy (non-hydrogen) atoms. The van der Waals surface area contributed by atoms with E-state index in [2.05, 4.69) is 39.8 Å². The van der Waals surface area contributed by atoms with Crippen LogP contribution in [0.5, 0.6) is 0 Å². The largest absolute Gasteiger partial charge is 0.375 e. The molecule has 94 valence electrons. The van der Waals surface area contributed by atoms with Crippen molar-refractivity contribution in [3.63, 3.8) is 0 Å². The molecule has 0 aliphatic rings. The Morgan fingerprint density at radius 3 is 2.89 bits per heavy atom. The minimum absolute atomic E-state index is 0.154. The molecular weight excluding hydrogens is 256 g/mol. The summed E-state index contributed by atoms with van der Waals surface area (Å²) in [5.74, 6) is 0. The summed E-state index contributed by atoms with van der Waals surface area (Å²) in [6, 6.07) is 12.4. The molecular formula is C14H12N4S. The lowest BCUT2D eigenvalue weighted by Gasteiger charge is -1.99. The molecule has 2 aromatic carbocycles. The third kappa shape index (κ3) is 2.15. The first-order valence-corrected chi connectivity index (χ1v) is 6.24. The van der Waals surface area contributed by atoms with Crippen LogP contribution in [0.15, 0.2) is 47.7 Å². The lowest BCUT2D eigenvalue weighted by atomic mass is 10.1. The molecule has 0 aliphatic carbocycles. The van der Waals surface area contributed by atoms with Crippen molar-refractivity contribution in [3.05, 3.63) is 48.2 Å². The Bertz CT molecular complexity index is 788. The second-order valence-electron chi connectivity index (χ2n) is 4.19. The highest BCUT2D eigenvalue weighted by atomic mass is 32.1. The zero-order chi connectivity index (χ0) is 13.2. The van der Waals surface area contributed by atoms with Crippen LogP contribution >= 0.6 is 12.2 Å². The van der Waals surface area contributed by atoms with Gasteiger partial charge in [0.15, 0.2) is 5.11 Å². The molecule has 3 rings (SSSR count). The zero-order valence-electron chi connectivity index (χ0n) is 10.1. The van der Waals surface area contributed by atoms with E-state index in [4.69, 9.17) is 18.0 Å². The fourth-order valence-corrected chi connectivity index (χ4v) is 2.22. The monoisotopic (exact) mass is 268 g/mol. The van der Waals surface area contributed by atoms with E-state index in [0.29, 0.717) is 0 Å². The number of hydrogen-bond acceptors (Lipinski definition) is 2. The van der Waals surface area contributed by atoms with Crippen LogP contribution in [0.1, 0.15) is 5.56 Å². The van der Waals surface area contributed by atoms with Crippen LogP contribution in [0, 0.1) is 0 Å². The van der Waals surface area contributed by atoms with Crippen LogP contribution in [-0.2, 0) is 0 Å². The SMILES string of the molecule is NC(=S)N/N=C\c1c[nH]c2c1ccc1ccccc12. The second-order valence-corrected chi connectivity index (χ2v) is 4.63. The molecule has 1 heterocycles. The van der Waals surface area contributed by atoms with Gasteiger partial charge in [-0.3, -0.25) is 5.43 Å². The Labute approximate surface area is 115 Å². The van der Waals surface area contributed by atoms with Crippen LogP contribution in [-0.4, -0.2) is 16.3 Å². The Morgan fingerprint density at radius 1 is 1.21 bits per heavy atom. The van der Waals surface area contributed by atoms with E-state index < -0.39 is 0 Å². The van der Waals surface area contributed by atoms with Gasteiger partial charge < -0.3 is 10.7 Å². The molecule has 0 saturated carbocycles. The number of benzene rings is 2. The van der Waals surface area contributed by atoms with Crippen molar-refractivity contribution in [2.75, 3.05) is 0 Å². The van der Waals surface area contributed by atoms with Crippen molar-refractivity contribution in [1.82, 2.24) is 10.4 Å². The number of nitrogens with one attached hydrogen (secondary N) is 2. The Balaban J connectivity index is 2.11. The normalized spacial score (nSPS) is 11.4. The highest BCUT2D eigenvalue weighted by molar-refractivity contribution is 7.80. The standard InChI is InChI=1S/C14H12N4S/c15-14(19)18-17-8-10-7-16-13-11-4-2-1-3-9(11)5-6-12(10)13/h1-8,16H,(H3,15,18,19)/b17-8-. The van der Waals surface area contributed by atoms with Crippen LogP contribution in [0.4, 0.5) is 0 Å². The number of fused-ring (bicyclic) bond motifs is 3. The summed E-state index contributed by atoms with van der Waals surface area (Å²) in [5.41, 5.74) is 9.96. The number of aromatic amines is 1. The minimum atomic E-state index is 0.154. The molecule has 0 aliphatic heterocycles. The molecule has 0 fully saturated rings. The van der Waals surface area contributed by atoms with Crippen LogP contribution < -0.4 is 11.2 Å². The van der Waals surface area contributed by atoms with E-state index in [1.54, 1.807) is 6.21 Å². The first-order valence-electron chi connectivity index (χ1n) is 5.83. The first-order chi connectivity index (χ1) is 9.25. The molecule has 4 N–H and O–H groups in total. The van der Waals surface area contributed by atoms with Crippen molar-refractivity contribution < 1.29 is 0 Å². The smallest absolute Gasteiger partial charge is 0.184 e. The summed E-state index contributed by atoms with van der Waals surface area (Å²) in [7, 11) is 0. The molecule has 3 aromatic rings. The van der Waals surface area contributed by atoms with Crippen molar-refractivity contribution >= 4 is 45.2 Å². The molecule has 5 heteroatoms. The Morgan fingerprint density at radius 2 is 2.05 bits per heavy atom. The van der Waals surface area contributed by atoms with Crippen molar-refractivity contribution in [2.45, 2.75) is 0 Å². The van der Waals surface area contributed by atoms with Crippen LogP contribution in [0.2, 0.25) is 0 Å². The van der Waals surface area contributed by atoms with Gasteiger partial charge in [0.05, 0.1) is 11.7 Å². The number of nitrogens with two attached hydrogens (primary N) is 1. The summed E-state index contributed by atoms with van der Waals surface area (Å²) in [6.07, 6.45) is 3.62. The van der Waals surface area contributed by atoms with Crippen molar-refractivity contribution in [2.24, 2.45) is 10.8 Å². The second kappa shape index (κ2) is 4.70. The van der Waals surface area contributed by atoms with E-state index in [1.807, 2.05) is 18.3 Å². The Kier molecular flexibility index (Phi) is 2.89. The number of hydrogen-bond donors (Lipinski definition) is 3. The quantitative estimate of drug-likeness (QED) is 0.380. The number of thiocarbonyl (C=S) groups is 1. The van der Waals surface area contributed by atoms with E-state index in [-0.39, 0.29) is 5.11 Å². The summed E-state index contributed by atoms with van der Waals surface area (Å²) >= 11 is 4.69. The average molecular weight is 268 g/mol. The molecule has 0 saturated heterocycles. The lowest BCUT2D eigenvalue weighted by molar-refractivity contribution is 1.04. The summed E-state index contributed by atoms with van der Waals surface area (Å²) < 4.78 is 0. The number of rotatable bonds is 2. The van der Waals surface area contributed by atoms with Gasteiger partial charge in [-0.05, 0) is 17.6 Å². The molecule has 0 amide bonds. The van der Waals surface area contributed by atoms with E-state index in [1.165, 1.54) is 10.8 Å². The van der Waals surface area contributed by atoms with Gasteiger partial charge in [-0.25, -0.2) is 0 Å². The average Bonchev–Trinajstić information content (AvgIpc) is 2.82. The minimum Gasteiger partial charge on any atom is -0.375 e. The fraction of sp³-hybridized carbons (Fsp3) is 0. The molecule has 0 atom stereocenters. The van der Waals surface area contributed by atoms with Crippen LogP contribution in [0.3, 0.4) is 0 Å². The lowest BCUT2D eigenvalue weighted by Crippen LogP contribution is -2.23. The molecule has 0 bridgehead atoms. The molecule has 4 nitrogen and oxygen atoms in total. The summed E-state index contributed by atoms with van der Waals surface area (Å²) in [6.45, 7) is 0. The maximum atomic E-state index is 5.32. The number of aromatic nitrogens is 1. The third-order valence-electron chi connectivity index (χ3n) is 2.99. The number of hydrazone groups is 1. The summed E-state index contributed by atoms with van der Waals surface area (Å²) in [5, 5.41) is 7.66.